The first-order valence-electron chi connectivity index (χ1n) is 7.49. The van der Waals surface area contributed by atoms with Gasteiger partial charge in [0.05, 0.1) is 6.61 Å². The van der Waals surface area contributed by atoms with Gasteiger partial charge in [0.1, 0.15) is 5.75 Å². The van der Waals surface area contributed by atoms with Crippen LogP contribution in [0.4, 0.5) is 0 Å². The van der Waals surface area contributed by atoms with Crippen molar-refractivity contribution >= 4 is 15.9 Å². The minimum atomic E-state index is 0.756. The summed E-state index contributed by atoms with van der Waals surface area (Å²) in [5, 5.41) is 0. The number of hydrogen-bond acceptors (Lipinski definition) is 2. The smallest absolute Gasteiger partial charge is 0.127 e. The molecule has 3 heteroatoms. The number of ether oxygens (including phenoxy) is 1. The molecule has 0 amide bonds. The van der Waals surface area contributed by atoms with E-state index in [0.717, 1.165) is 47.3 Å². The zero-order chi connectivity index (χ0) is 14.9. The van der Waals surface area contributed by atoms with E-state index in [1.807, 2.05) is 30.3 Å². The Bertz CT molecular complexity index is 556. The molecular formula is C18H22BrNO. The molecule has 0 heterocycles. The summed E-state index contributed by atoms with van der Waals surface area (Å²) in [6.45, 7) is 1.54. The lowest BCUT2D eigenvalue weighted by molar-refractivity contribution is 0.306. The van der Waals surface area contributed by atoms with E-state index in [1.54, 1.807) is 0 Å². The van der Waals surface area contributed by atoms with E-state index < -0.39 is 0 Å². The van der Waals surface area contributed by atoms with Gasteiger partial charge in [0.15, 0.2) is 0 Å². The molecule has 0 bridgehead atoms. The molecule has 0 saturated heterocycles. The molecule has 0 aliphatic carbocycles. The van der Waals surface area contributed by atoms with E-state index in [1.165, 1.54) is 12.8 Å². The van der Waals surface area contributed by atoms with Crippen LogP contribution < -0.4 is 10.5 Å². The number of para-hydroxylation sites is 1. The van der Waals surface area contributed by atoms with Crippen LogP contribution in [0, 0.1) is 0 Å². The van der Waals surface area contributed by atoms with Gasteiger partial charge in [-0.3, -0.25) is 0 Å². The van der Waals surface area contributed by atoms with Gasteiger partial charge < -0.3 is 10.5 Å². The Labute approximate surface area is 135 Å². The van der Waals surface area contributed by atoms with Crippen LogP contribution in [0.5, 0.6) is 5.75 Å². The van der Waals surface area contributed by atoms with E-state index in [0.29, 0.717) is 0 Å². The predicted octanol–water partition coefficient (Wildman–Crippen LogP) is 5.01. The maximum absolute atomic E-state index is 5.97. The maximum Gasteiger partial charge on any atom is 0.127 e. The number of halogens is 1. The topological polar surface area (TPSA) is 35.2 Å². The van der Waals surface area contributed by atoms with Crippen molar-refractivity contribution < 1.29 is 4.74 Å². The van der Waals surface area contributed by atoms with Gasteiger partial charge in [0, 0.05) is 10.0 Å². The van der Waals surface area contributed by atoms with E-state index in [-0.39, 0.29) is 0 Å². The summed E-state index contributed by atoms with van der Waals surface area (Å²) < 4.78 is 7.06. The molecule has 0 unspecified atom stereocenters. The van der Waals surface area contributed by atoms with Crippen LogP contribution in [-0.2, 0) is 0 Å². The number of rotatable bonds is 8. The Morgan fingerprint density at radius 2 is 1.48 bits per heavy atom. The predicted molar refractivity (Wildman–Crippen MR) is 92.6 cm³/mol. The first kappa shape index (κ1) is 16.1. The highest BCUT2D eigenvalue weighted by atomic mass is 79.9. The van der Waals surface area contributed by atoms with Crippen molar-refractivity contribution in [3.8, 4) is 16.9 Å². The molecule has 0 aromatic heterocycles. The molecule has 0 aliphatic rings. The summed E-state index contributed by atoms with van der Waals surface area (Å²) in [6.07, 6.45) is 4.54. The molecule has 0 atom stereocenters. The Hall–Kier alpha value is -1.32. The van der Waals surface area contributed by atoms with E-state index in [4.69, 9.17) is 10.5 Å². The molecule has 0 radical (unpaired) electrons. The molecule has 2 aromatic rings. The second-order valence-corrected chi connectivity index (χ2v) is 5.88. The van der Waals surface area contributed by atoms with Crippen molar-refractivity contribution in [1.29, 1.82) is 0 Å². The molecule has 0 saturated carbocycles. The molecule has 0 fully saturated rings. The lowest BCUT2D eigenvalue weighted by Gasteiger charge is -2.12. The van der Waals surface area contributed by atoms with E-state index in [9.17, 15) is 0 Å². The van der Waals surface area contributed by atoms with Crippen molar-refractivity contribution in [3.05, 3.63) is 53.0 Å². The summed E-state index contributed by atoms with van der Waals surface area (Å²) >= 11 is 3.61. The SMILES string of the molecule is NCCCCCCOc1ccccc1-c1ccccc1Br. The lowest BCUT2D eigenvalue weighted by Crippen LogP contribution is -2.01. The average Bonchev–Trinajstić information content (AvgIpc) is 2.52. The first-order chi connectivity index (χ1) is 10.3. The summed E-state index contributed by atoms with van der Waals surface area (Å²) in [5.74, 6) is 0.947. The Morgan fingerprint density at radius 1 is 0.810 bits per heavy atom. The fourth-order valence-corrected chi connectivity index (χ4v) is 2.78. The molecule has 2 aromatic carbocycles. The van der Waals surface area contributed by atoms with Crippen LogP contribution in [0.2, 0.25) is 0 Å². The molecule has 2 rings (SSSR count). The summed E-state index contributed by atoms with van der Waals surface area (Å²) in [4.78, 5) is 0. The van der Waals surface area contributed by atoms with Crippen molar-refractivity contribution in [2.24, 2.45) is 5.73 Å². The summed E-state index contributed by atoms with van der Waals surface area (Å²) in [7, 11) is 0. The standard InChI is InChI=1S/C18H22BrNO/c19-17-11-5-3-9-15(17)16-10-4-6-12-18(16)21-14-8-2-1-7-13-20/h3-6,9-12H,1-2,7-8,13-14,20H2. The fourth-order valence-electron chi connectivity index (χ4n) is 2.28. The highest BCUT2D eigenvalue weighted by Gasteiger charge is 2.08. The van der Waals surface area contributed by atoms with Gasteiger partial charge in [-0.15, -0.1) is 0 Å². The van der Waals surface area contributed by atoms with Crippen LogP contribution in [0.1, 0.15) is 25.7 Å². The van der Waals surface area contributed by atoms with Crippen LogP contribution in [-0.4, -0.2) is 13.2 Å². The fraction of sp³-hybridized carbons (Fsp3) is 0.333. The number of benzene rings is 2. The lowest BCUT2D eigenvalue weighted by atomic mass is 10.0. The third-order valence-corrected chi connectivity index (χ3v) is 4.10. The third-order valence-electron chi connectivity index (χ3n) is 3.41. The minimum Gasteiger partial charge on any atom is -0.493 e. The summed E-state index contributed by atoms with van der Waals surface area (Å²) in [5.41, 5.74) is 7.79. The normalized spacial score (nSPS) is 10.6. The molecule has 2 N–H and O–H groups in total. The zero-order valence-electron chi connectivity index (χ0n) is 12.2. The summed E-state index contributed by atoms with van der Waals surface area (Å²) in [6, 6.07) is 16.4. The Kier molecular flexibility index (Phi) is 6.77. The third kappa shape index (κ3) is 4.87. The van der Waals surface area contributed by atoms with Gasteiger partial charge in [-0.2, -0.15) is 0 Å². The van der Waals surface area contributed by atoms with Crippen LogP contribution in [0.25, 0.3) is 11.1 Å². The second-order valence-electron chi connectivity index (χ2n) is 5.03. The molecule has 2 nitrogen and oxygen atoms in total. The van der Waals surface area contributed by atoms with Crippen molar-refractivity contribution in [2.75, 3.05) is 13.2 Å². The molecule has 0 aliphatic heterocycles. The zero-order valence-corrected chi connectivity index (χ0v) is 13.8. The molecule has 21 heavy (non-hydrogen) atoms. The molecular weight excluding hydrogens is 326 g/mol. The van der Waals surface area contributed by atoms with Crippen LogP contribution >= 0.6 is 15.9 Å². The highest BCUT2D eigenvalue weighted by Crippen LogP contribution is 2.34. The maximum atomic E-state index is 5.97. The number of unbranched alkanes of at least 4 members (excludes halogenated alkanes) is 3. The first-order valence-corrected chi connectivity index (χ1v) is 8.29. The minimum absolute atomic E-state index is 0.756. The monoisotopic (exact) mass is 347 g/mol. The Balaban J connectivity index is 1.99. The number of hydrogen-bond donors (Lipinski definition) is 1. The van der Waals surface area contributed by atoms with Gasteiger partial charge >= 0.3 is 0 Å². The Morgan fingerprint density at radius 3 is 2.24 bits per heavy atom. The van der Waals surface area contributed by atoms with Crippen molar-refractivity contribution in [2.45, 2.75) is 25.7 Å². The van der Waals surface area contributed by atoms with Gasteiger partial charge in [-0.1, -0.05) is 65.2 Å². The van der Waals surface area contributed by atoms with Gasteiger partial charge in [-0.05, 0) is 37.1 Å². The quantitative estimate of drug-likeness (QED) is 0.680. The molecule has 112 valence electrons. The van der Waals surface area contributed by atoms with Gasteiger partial charge in [0.2, 0.25) is 0 Å². The van der Waals surface area contributed by atoms with Gasteiger partial charge in [-0.25, -0.2) is 0 Å². The van der Waals surface area contributed by atoms with Gasteiger partial charge in [0.25, 0.3) is 0 Å². The highest BCUT2D eigenvalue weighted by molar-refractivity contribution is 9.10. The largest absolute Gasteiger partial charge is 0.493 e. The van der Waals surface area contributed by atoms with Crippen LogP contribution in [0.3, 0.4) is 0 Å². The average molecular weight is 348 g/mol. The molecule has 0 spiro atoms. The van der Waals surface area contributed by atoms with E-state index >= 15 is 0 Å². The van der Waals surface area contributed by atoms with Crippen molar-refractivity contribution in [3.63, 3.8) is 0 Å². The second kappa shape index (κ2) is 8.85. The van der Waals surface area contributed by atoms with E-state index in [2.05, 4.69) is 34.1 Å². The van der Waals surface area contributed by atoms with Crippen molar-refractivity contribution in [1.82, 2.24) is 0 Å². The number of nitrogens with two attached hydrogens (primary N) is 1. The van der Waals surface area contributed by atoms with Crippen LogP contribution in [0.15, 0.2) is 53.0 Å².